The third kappa shape index (κ3) is 3.45. The molecule has 1 aromatic rings. The Bertz CT molecular complexity index is 453. The van der Waals surface area contributed by atoms with Gasteiger partial charge in [0.1, 0.15) is 0 Å². The first kappa shape index (κ1) is 15.4. The standard InChI is InChI=1S/C17H27P/c1-7-15(13(5)10-11(2)3)17-14(6)12(4)8-9-16(17)18/h8-9,11H,7,10,18H2,1-6H3/b15-13+. The Labute approximate surface area is 115 Å². The predicted molar refractivity (Wildman–Crippen MR) is 87.6 cm³/mol. The number of rotatable bonds is 4. The van der Waals surface area contributed by atoms with Gasteiger partial charge >= 0.3 is 0 Å². The largest absolute Gasteiger partial charge is 0.105 e. The summed E-state index contributed by atoms with van der Waals surface area (Å²) in [4.78, 5) is 0. The van der Waals surface area contributed by atoms with E-state index in [2.05, 4.69) is 62.9 Å². The van der Waals surface area contributed by atoms with E-state index in [0.717, 1.165) is 12.3 Å². The molecule has 1 heteroatoms. The summed E-state index contributed by atoms with van der Waals surface area (Å²) in [6.07, 6.45) is 2.31. The molecule has 100 valence electrons. The minimum atomic E-state index is 0.727. The molecule has 0 aliphatic carbocycles. The first-order valence-electron chi connectivity index (χ1n) is 6.93. The maximum absolute atomic E-state index is 2.90. The number of aryl methyl sites for hydroxylation is 1. The highest BCUT2D eigenvalue weighted by molar-refractivity contribution is 7.27. The molecule has 1 atom stereocenters. The summed E-state index contributed by atoms with van der Waals surface area (Å²) < 4.78 is 0. The van der Waals surface area contributed by atoms with Crippen LogP contribution in [0.1, 0.15) is 57.2 Å². The zero-order valence-electron chi connectivity index (χ0n) is 12.7. The Kier molecular flexibility index (Phi) is 5.60. The molecule has 0 radical (unpaired) electrons. The van der Waals surface area contributed by atoms with Gasteiger partial charge in [-0.3, -0.25) is 0 Å². The van der Waals surface area contributed by atoms with Crippen molar-refractivity contribution in [2.75, 3.05) is 0 Å². The second kappa shape index (κ2) is 6.53. The van der Waals surface area contributed by atoms with Crippen LogP contribution in [0.25, 0.3) is 5.57 Å². The van der Waals surface area contributed by atoms with Crippen LogP contribution in [0.4, 0.5) is 0 Å². The number of hydrogen-bond donors (Lipinski definition) is 0. The first-order chi connectivity index (χ1) is 8.38. The van der Waals surface area contributed by atoms with Crippen LogP contribution in [-0.4, -0.2) is 0 Å². The first-order valence-corrected chi connectivity index (χ1v) is 7.50. The van der Waals surface area contributed by atoms with Crippen molar-refractivity contribution in [2.24, 2.45) is 5.92 Å². The van der Waals surface area contributed by atoms with E-state index in [9.17, 15) is 0 Å². The predicted octanol–water partition coefficient (Wildman–Crippen LogP) is 5.03. The van der Waals surface area contributed by atoms with Crippen LogP contribution >= 0.6 is 9.24 Å². The third-order valence-electron chi connectivity index (χ3n) is 3.65. The summed E-state index contributed by atoms with van der Waals surface area (Å²) >= 11 is 0. The lowest BCUT2D eigenvalue weighted by molar-refractivity contribution is 0.642. The highest BCUT2D eigenvalue weighted by atomic mass is 31.0. The average molecular weight is 262 g/mol. The Morgan fingerprint density at radius 1 is 1.22 bits per heavy atom. The van der Waals surface area contributed by atoms with Crippen molar-refractivity contribution in [3.63, 3.8) is 0 Å². The van der Waals surface area contributed by atoms with E-state index >= 15 is 0 Å². The van der Waals surface area contributed by atoms with E-state index in [0.29, 0.717) is 0 Å². The Morgan fingerprint density at radius 2 is 1.83 bits per heavy atom. The molecule has 0 saturated carbocycles. The van der Waals surface area contributed by atoms with E-state index in [-0.39, 0.29) is 0 Å². The van der Waals surface area contributed by atoms with Crippen LogP contribution in [0.5, 0.6) is 0 Å². The molecular formula is C17H27P. The number of hydrogen-bond acceptors (Lipinski definition) is 0. The van der Waals surface area contributed by atoms with Crippen LogP contribution in [0.2, 0.25) is 0 Å². The molecule has 0 aliphatic heterocycles. The van der Waals surface area contributed by atoms with Crippen LogP contribution in [0.3, 0.4) is 0 Å². The zero-order chi connectivity index (χ0) is 13.9. The van der Waals surface area contributed by atoms with Gasteiger partial charge in [0.05, 0.1) is 0 Å². The molecule has 1 unspecified atom stereocenters. The van der Waals surface area contributed by atoms with Gasteiger partial charge in [-0.15, -0.1) is 9.24 Å². The van der Waals surface area contributed by atoms with Crippen LogP contribution in [0.15, 0.2) is 17.7 Å². The lowest BCUT2D eigenvalue weighted by atomic mass is 9.89. The molecule has 0 N–H and O–H groups in total. The molecule has 0 spiro atoms. The molecule has 0 aliphatic rings. The molecule has 0 bridgehead atoms. The lowest BCUT2D eigenvalue weighted by Crippen LogP contribution is -2.07. The second-order valence-corrected chi connectivity index (χ2v) is 6.30. The van der Waals surface area contributed by atoms with Gasteiger partial charge in [0.2, 0.25) is 0 Å². The molecule has 1 rings (SSSR count). The molecule has 0 saturated heterocycles. The number of benzene rings is 1. The van der Waals surface area contributed by atoms with Crippen molar-refractivity contribution in [1.29, 1.82) is 0 Å². The van der Waals surface area contributed by atoms with Crippen LogP contribution < -0.4 is 5.30 Å². The Morgan fingerprint density at radius 3 is 2.33 bits per heavy atom. The summed E-state index contributed by atoms with van der Waals surface area (Å²) in [6.45, 7) is 13.6. The average Bonchev–Trinajstić information content (AvgIpc) is 2.28. The van der Waals surface area contributed by atoms with Crippen molar-refractivity contribution in [3.8, 4) is 0 Å². The highest BCUT2D eigenvalue weighted by Gasteiger charge is 2.12. The van der Waals surface area contributed by atoms with Crippen molar-refractivity contribution < 1.29 is 0 Å². The minimum absolute atomic E-state index is 0.727. The normalized spacial score (nSPS) is 12.9. The topological polar surface area (TPSA) is 0 Å². The summed E-state index contributed by atoms with van der Waals surface area (Å²) in [6, 6.07) is 4.44. The van der Waals surface area contributed by atoms with Gasteiger partial charge in [0.25, 0.3) is 0 Å². The van der Waals surface area contributed by atoms with E-state index in [1.165, 1.54) is 34.0 Å². The molecule has 0 nitrogen and oxygen atoms in total. The highest BCUT2D eigenvalue weighted by Crippen LogP contribution is 2.29. The Hall–Kier alpha value is -0.610. The van der Waals surface area contributed by atoms with Crippen molar-refractivity contribution in [3.05, 3.63) is 34.4 Å². The summed E-state index contributed by atoms with van der Waals surface area (Å²) in [5.74, 6) is 0.727. The molecule has 0 heterocycles. The van der Waals surface area contributed by atoms with Crippen molar-refractivity contribution >= 4 is 20.1 Å². The molecule has 18 heavy (non-hydrogen) atoms. The smallest absolute Gasteiger partial charge is 0.0121 e. The molecule has 0 fully saturated rings. The van der Waals surface area contributed by atoms with Crippen molar-refractivity contribution in [1.82, 2.24) is 0 Å². The van der Waals surface area contributed by atoms with Gasteiger partial charge < -0.3 is 0 Å². The van der Waals surface area contributed by atoms with Gasteiger partial charge in [-0.1, -0.05) is 38.5 Å². The fraction of sp³-hybridized carbons (Fsp3) is 0.529. The monoisotopic (exact) mass is 262 g/mol. The molecule has 0 aromatic heterocycles. The number of allylic oxidation sites excluding steroid dienone is 2. The van der Waals surface area contributed by atoms with E-state index in [1.807, 2.05) is 0 Å². The molecular weight excluding hydrogens is 235 g/mol. The van der Waals surface area contributed by atoms with Gasteiger partial charge in [-0.05, 0) is 67.1 Å². The van der Waals surface area contributed by atoms with E-state index in [4.69, 9.17) is 0 Å². The maximum atomic E-state index is 2.90. The SMILES string of the molecule is CC/C(=C(/C)CC(C)C)c1c(P)ccc(C)c1C. The lowest BCUT2D eigenvalue weighted by Gasteiger charge is -2.18. The third-order valence-corrected chi connectivity index (χ3v) is 4.13. The zero-order valence-corrected chi connectivity index (χ0v) is 13.9. The fourth-order valence-electron chi connectivity index (χ4n) is 2.66. The van der Waals surface area contributed by atoms with Crippen LogP contribution in [0, 0.1) is 19.8 Å². The van der Waals surface area contributed by atoms with E-state index < -0.39 is 0 Å². The second-order valence-electron chi connectivity index (χ2n) is 5.68. The fourth-order valence-corrected chi connectivity index (χ4v) is 3.15. The van der Waals surface area contributed by atoms with Gasteiger partial charge in [-0.2, -0.15) is 0 Å². The van der Waals surface area contributed by atoms with Crippen LogP contribution in [-0.2, 0) is 0 Å². The quantitative estimate of drug-likeness (QED) is 0.667. The molecule has 0 amide bonds. The van der Waals surface area contributed by atoms with Gasteiger partial charge in [0, 0.05) is 0 Å². The summed E-state index contributed by atoms with van der Waals surface area (Å²) in [5, 5.41) is 1.33. The Balaban J connectivity index is 3.37. The van der Waals surface area contributed by atoms with E-state index in [1.54, 1.807) is 5.57 Å². The summed E-state index contributed by atoms with van der Waals surface area (Å²) in [5.41, 5.74) is 7.36. The van der Waals surface area contributed by atoms with Gasteiger partial charge in [0.15, 0.2) is 0 Å². The molecule has 1 aromatic carbocycles. The maximum Gasteiger partial charge on any atom is -0.0121 e. The van der Waals surface area contributed by atoms with Gasteiger partial charge in [-0.25, -0.2) is 0 Å². The van der Waals surface area contributed by atoms with Crippen molar-refractivity contribution in [2.45, 2.75) is 54.4 Å². The minimum Gasteiger partial charge on any atom is -0.105 e. The summed E-state index contributed by atoms with van der Waals surface area (Å²) in [7, 11) is 2.90.